The van der Waals surface area contributed by atoms with Crippen LogP contribution in [-0.4, -0.2) is 97.4 Å². The summed E-state index contributed by atoms with van der Waals surface area (Å²) in [6, 6.07) is 8.19. The van der Waals surface area contributed by atoms with Crippen LogP contribution >= 0.6 is 0 Å². The number of amides is 2. The van der Waals surface area contributed by atoms with E-state index in [0.29, 0.717) is 54.4 Å². The molecule has 0 bridgehead atoms. The lowest BCUT2D eigenvalue weighted by Crippen LogP contribution is -2.66. The normalized spacial score (nSPS) is 16.5. The number of nitrogens with zero attached hydrogens (tertiary/aromatic N) is 2. The van der Waals surface area contributed by atoms with Crippen LogP contribution in [0.3, 0.4) is 0 Å². The third-order valence-corrected chi connectivity index (χ3v) is 9.46. The highest BCUT2D eigenvalue weighted by Crippen LogP contribution is 2.44. The second kappa shape index (κ2) is 16.4. The molecule has 4 rings (SSSR count). The fraction of sp³-hybridized carbons (Fsp3) is 0.485. The van der Waals surface area contributed by atoms with Crippen LogP contribution in [0.15, 0.2) is 59.3 Å². The van der Waals surface area contributed by atoms with E-state index < -0.39 is 55.5 Å². The minimum absolute atomic E-state index is 0.0914. The molecule has 15 nitrogen and oxygen atoms in total. The molecule has 0 saturated heterocycles. The highest BCUT2D eigenvalue weighted by Gasteiger charge is 2.28. The summed E-state index contributed by atoms with van der Waals surface area (Å²) in [5.74, 6) is -0.387. The molecule has 0 saturated carbocycles. The molecule has 0 fully saturated rings. The smallest absolute Gasteiger partial charge is 0.407 e. The van der Waals surface area contributed by atoms with Gasteiger partial charge >= 0.3 is 6.09 Å². The Labute approximate surface area is 292 Å². The number of ether oxygens (including phenoxy) is 2. The number of allylic oxidation sites excluding steroid dienone is 1. The molecule has 2 aromatic rings. The van der Waals surface area contributed by atoms with E-state index in [0.717, 1.165) is 10.8 Å². The van der Waals surface area contributed by atoms with Crippen molar-refractivity contribution in [2.45, 2.75) is 70.6 Å². The van der Waals surface area contributed by atoms with Gasteiger partial charge in [-0.15, -0.1) is 0 Å². The van der Waals surface area contributed by atoms with Crippen LogP contribution in [0.4, 0.5) is 16.2 Å². The monoisotopic (exact) mass is 736 g/mol. The van der Waals surface area contributed by atoms with Gasteiger partial charge in [-0.2, -0.15) is 16.8 Å². The maximum atomic E-state index is 13.2. The van der Waals surface area contributed by atoms with Crippen molar-refractivity contribution in [2.75, 3.05) is 36.5 Å². The van der Waals surface area contributed by atoms with Crippen LogP contribution in [0, 0.1) is 0 Å². The number of alkyl carbamates (subject to hydrolysis) is 1. The Balaban J connectivity index is 1.47. The minimum atomic E-state index is -4.19. The molecule has 1 aliphatic carbocycles. The minimum Gasteiger partial charge on any atom is -0.453 e. The van der Waals surface area contributed by atoms with Gasteiger partial charge in [-0.3, -0.25) is 18.8 Å². The maximum Gasteiger partial charge on any atom is 0.407 e. The number of hydrogen-bond donors (Lipinski definition) is 5. The standard InChI is InChI=1S/C33H45N5O10S2/c1-33(2,3)48-32(40)35-15-7-6-12-25(34)31(39)37-27-21-29-30(24-11-5-4-10-23(24)27)36-26-14-13-22(20-28(26)47-29)38(16-8-18-49(41,42)43)17-9-19-50(44,45)46/h4-5,10-11,13-14,20-22,25H,6-9,12,15-19,34H2,1-3H3,(H,35,40)(H,37,39)(H,41,42,43)(H,44,45,46)/p+1/t22?,25-/m0/s1. The van der Waals surface area contributed by atoms with Crippen molar-refractivity contribution in [3.05, 3.63) is 54.3 Å². The Morgan fingerprint density at radius 3 is 2.28 bits per heavy atom. The molecule has 17 heteroatoms. The first kappa shape index (κ1) is 38.9. The summed E-state index contributed by atoms with van der Waals surface area (Å²) >= 11 is 0. The summed E-state index contributed by atoms with van der Waals surface area (Å²) in [5, 5.41) is 7.21. The van der Waals surface area contributed by atoms with Gasteiger partial charge in [0, 0.05) is 42.9 Å². The van der Waals surface area contributed by atoms with Gasteiger partial charge in [0.25, 0.3) is 26.1 Å². The summed E-state index contributed by atoms with van der Waals surface area (Å²) in [6.45, 7) is 6.20. The largest absolute Gasteiger partial charge is 0.453 e. The van der Waals surface area contributed by atoms with Gasteiger partial charge in [-0.25, -0.2) is 9.79 Å². The molecule has 0 aromatic heterocycles. The summed E-state index contributed by atoms with van der Waals surface area (Å²) in [7, 11) is -8.38. The van der Waals surface area contributed by atoms with Gasteiger partial charge in [-0.1, -0.05) is 30.3 Å². The number of anilines is 1. The Bertz CT molecular complexity index is 1850. The number of nitrogens with one attached hydrogen (secondary N) is 2. The fourth-order valence-corrected chi connectivity index (χ4v) is 6.53. The van der Waals surface area contributed by atoms with Gasteiger partial charge in [0.1, 0.15) is 17.0 Å². The molecular weight excluding hydrogens is 691 g/mol. The topological polar surface area (TPSA) is 229 Å². The molecular formula is C33H46N5O10S2+. The van der Waals surface area contributed by atoms with Crippen molar-refractivity contribution in [2.24, 2.45) is 4.99 Å². The van der Waals surface area contributed by atoms with Crippen LogP contribution in [0.25, 0.3) is 10.8 Å². The van der Waals surface area contributed by atoms with Crippen LogP contribution in [-0.2, 0) is 29.8 Å². The van der Waals surface area contributed by atoms with E-state index in [9.17, 15) is 35.5 Å². The molecule has 2 aliphatic rings. The average molecular weight is 737 g/mol. The molecule has 2 amide bonds. The molecule has 0 spiro atoms. The second-order valence-electron chi connectivity index (χ2n) is 13.2. The summed E-state index contributed by atoms with van der Waals surface area (Å²) in [4.78, 5) is 31.8. The average Bonchev–Trinajstić information content (AvgIpc) is 3.01. The van der Waals surface area contributed by atoms with E-state index in [4.69, 9.17) is 14.5 Å². The van der Waals surface area contributed by atoms with Gasteiger partial charge in [-0.05, 0) is 58.6 Å². The number of unbranched alkanes of at least 4 members (excludes halogenated alkanes) is 1. The van der Waals surface area contributed by atoms with Crippen molar-refractivity contribution >= 4 is 60.1 Å². The molecule has 7 N–H and O–H groups in total. The van der Waals surface area contributed by atoms with E-state index in [1.165, 1.54) is 0 Å². The highest BCUT2D eigenvalue weighted by atomic mass is 32.2. The van der Waals surface area contributed by atoms with Crippen molar-refractivity contribution in [1.82, 2.24) is 10.2 Å². The zero-order valence-electron chi connectivity index (χ0n) is 28.4. The molecule has 274 valence electrons. The van der Waals surface area contributed by atoms with Gasteiger partial charge in [0.05, 0.1) is 23.2 Å². The number of fused-ring (bicyclic) bond motifs is 4. The van der Waals surface area contributed by atoms with E-state index in [2.05, 4.69) is 16.4 Å². The highest BCUT2D eigenvalue weighted by molar-refractivity contribution is 7.86. The Kier molecular flexibility index (Phi) is 12.8. The summed E-state index contributed by atoms with van der Waals surface area (Å²) < 4.78 is 75.2. The van der Waals surface area contributed by atoms with E-state index >= 15 is 0 Å². The molecule has 1 heterocycles. The Morgan fingerprint density at radius 1 is 1.02 bits per heavy atom. The first-order chi connectivity index (χ1) is 23.4. The predicted molar refractivity (Wildman–Crippen MR) is 190 cm³/mol. The lowest BCUT2D eigenvalue weighted by Gasteiger charge is -2.31. The Morgan fingerprint density at radius 2 is 1.66 bits per heavy atom. The third kappa shape index (κ3) is 11.9. The summed E-state index contributed by atoms with van der Waals surface area (Å²) in [6.07, 6.45) is 6.88. The lowest BCUT2D eigenvalue weighted by molar-refractivity contribution is -0.404. The van der Waals surface area contributed by atoms with Gasteiger partial charge in [0.15, 0.2) is 17.6 Å². The summed E-state index contributed by atoms with van der Waals surface area (Å²) in [5.41, 5.74) is 5.10. The number of carbonyl (C=O) groups is 2. The zero-order chi connectivity index (χ0) is 36.7. The molecule has 2 atom stereocenters. The number of hydrogen-bond acceptors (Lipinski definition) is 10. The van der Waals surface area contributed by atoms with Crippen molar-refractivity contribution in [1.29, 1.82) is 0 Å². The predicted octanol–water partition coefficient (Wildman–Crippen LogP) is 3.23. The van der Waals surface area contributed by atoms with E-state index in [1.54, 1.807) is 39.0 Å². The molecule has 1 unspecified atom stereocenters. The number of rotatable bonds is 16. The van der Waals surface area contributed by atoms with E-state index in [1.807, 2.05) is 35.2 Å². The third-order valence-electron chi connectivity index (χ3n) is 7.85. The van der Waals surface area contributed by atoms with E-state index in [-0.39, 0.29) is 31.8 Å². The first-order valence-electron chi connectivity index (χ1n) is 16.4. The number of benzene rings is 2. The number of carbonyl (C=O) groups excluding carboxylic acids is 2. The van der Waals surface area contributed by atoms with Crippen LogP contribution < -0.4 is 21.1 Å². The molecule has 2 aromatic carbocycles. The van der Waals surface area contributed by atoms with Crippen LogP contribution in [0.2, 0.25) is 0 Å². The Hall–Kier alpha value is -3.87. The number of quaternary nitrogens is 1. The van der Waals surface area contributed by atoms with Crippen LogP contribution in [0.5, 0.6) is 5.75 Å². The lowest BCUT2D eigenvalue weighted by atomic mass is 10.0. The van der Waals surface area contributed by atoms with Crippen molar-refractivity contribution in [3.8, 4) is 5.75 Å². The van der Waals surface area contributed by atoms with Crippen molar-refractivity contribution in [3.63, 3.8) is 0 Å². The fourth-order valence-electron chi connectivity index (χ4n) is 5.54. The van der Waals surface area contributed by atoms with Gasteiger partial charge in [0.2, 0.25) is 0 Å². The SMILES string of the molecule is CC(C)(C)OC(=O)NCCCC[C@H]([NH3+])C(=O)Nc1cc2c(c3ccccc13)N=C1C=CC(N(CCCS(=O)(=O)O)CCCS(=O)(=O)O)C=C1O2. The second-order valence-corrected chi connectivity index (χ2v) is 16.4. The van der Waals surface area contributed by atoms with Crippen molar-refractivity contribution < 1.29 is 50.7 Å². The first-order valence-corrected chi connectivity index (χ1v) is 19.6. The quantitative estimate of drug-likeness (QED) is 0.124. The molecule has 50 heavy (non-hydrogen) atoms. The zero-order valence-corrected chi connectivity index (χ0v) is 30.1. The molecule has 1 aliphatic heterocycles. The van der Waals surface area contributed by atoms with Gasteiger partial charge < -0.3 is 25.8 Å². The molecule has 0 radical (unpaired) electrons. The van der Waals surface area contributed by atoms with Crippen LogP contribution in [0.1, 0.15) is 52.9 Å². The maximum absolute atomic E-state index is 13.2. The number of aliphatic imine (C=N–C) groups is 1.